The summed E-state index contributed by atoms with van der Waals surface area (Å²) < 4.78 is 40.6. The van der Waals surface area contributed by atoms with Crippen molar-refractivity contribution in [2.75, 3.05) is 0 Å². The number of hydrogen-bond donors (Lipinski definition) is 1. The molecule has 34 heavy (non-hydrogen) atoms. The average Bonchev–Trinajstić information content (AvgIpc) is 3.39. The molecule has 4 aromatic rings. The monoisotopic (exact) mass is 496 g/mol. The Balaban J connectivity index is 1.44. The minimum Gasteiger partial charge on any atom is -0.323 e. The first-order valence-corrected chi connectivity index (χ1v) is 10.9. The summed E-state index contributed by atoms with van der Waals surface area (Å²) >= 11 is 5.90. The highest BCUT2D eigenvalue weighted by Gasteiger charge is 2.30. The Morgan fingerprint density at radius 3 is 2.47 bits per heavy atom. The van der Waals surface area contributed by atoms with Crippen LogP contribution < -0.4 is 11.2 Å². The van der Waals surface area contributed by atoms with E-state index in [0.717, 1.165) is 16.7 Å². The molecule has 14 heteroatoms. The van der Waals surface area contributed by atoms with E-state index in [2.05, 4.69) is 25.4 Å². The highest BCUT2D eigenvalue weighted by molar-refractivity contribution is 6.28. The van der Waals surface area contributed by atoms with Gasteiger partial charge in [0.25, 0.3) is 5.56 Å². The molecule has 0 unspecified atom stereocenters. The van der Waals surface area contributed by atoms with Gasteiger partial charge in [0.15, 0.2) is 17.0 Å². The standard InChI is InChI=1S/C20H20ClF3N8O2/c1-2-8-30-16-15(25-18(21)26-16)17(33)31(19(30)34)9-3-10-32-28-14(27-29-32)11-12-4-6-13(7-5-12)20(22,23)24/h4-7H,2-3,8-11H2,1H3,(H,25,26). The molecule has 0 aliphatic carbocycles. The third kappa shape index (κ3) is 4.88. The number of alkyl halides is 3. The van der Waals surface area contributed by atoms with Crippen molar-refractivity contribution in [3.05, 3.63) is 67.3 Å². The van der Waals surface area contributed by atoms with Crippen LogP contribution in [0.15, 0.2) is 33.9 Å². The SMILES string of the molecule is CCCn1c(=O)n(CCCn2nnc(Cc3ccc(C(F)(F)F)cc3)n2)c(=O)c2[nH]c(Cl)nc21. The molecular weight excluding hydrogens is 477 g/mol. The molecule has 0 saturated heterocycles. The third-order valence-electron chi connectivity index (χ3n) is 5.16. The summed E-state index contributed by atoms with van der Waals surface area (Å²) in [5.74, 6) is 0.343. The summed E-state index contributed by atoms with van der Waals surface area (Å²) in [4.78, 5) is 33.7. The quantitative estimate of drug-likeness (QED) is 0.375. The number of aryl methyl sites for hydroxylation is 2. The molecule has 1 N–H and O–H groups in total. The molecule has 180 valence electrons. The van der Waals surface area contributed by atoms with Crippen LogP contribution in [-0.2, 0) is 32.2 Å². The summed E-state index contributed by atoms with van der Waals surface area (Å²) in [5, 5.41) is 12.1. The number of tetrazole rings is 1. The largest absolute Gasteiger partial charge is 0.416 e. The lowest BCUT2D eigenvalue weighted by molar-refractivity contribution is -0.137. The maximum absolute atomic E-state index is 12.8. The fourth-order valence-electron chi connectivity index (χ4n) is 3.57. The molecule has 0 bridgehead atoms. The number of imidazole rings is 1. The van der Waals surface area contributed by atoms with Gasteiger partial charge in [0.05, 0.1) is 12.1 Å². The van der Waals surface area contributed by atoms with E-state index in [-0.39, 0.29) is 36.0 Å². The Bertz CT molecular complexity index is 1420. The Kier molecular flexibility index (Phi) is 6.55. The summed E-state index contributed by atoms with van der Waals surface area (Å²) in [6.07, 6.45) is -3.14. The first-order chi connectivity index (χ1) is 16.2. The summed E-state index contributed by atoms with van der Waals surface area (Å²) in [6.45, 7) is 2.68. The smallest absolute Gasteiger partial charge is 0.323 e. The number of aromatic nitrogens is 8. The minimum atomic E-state index is -4.39. The molecule has 0 saturated carbocycles. The highest BCUT2D eigenvalue weighted by Crippen LogP contribution is 2.29. The van der Waals surface area contributed by atoms with Crippen LogP contribution >= 0.6 is 11.6 Å². The van der Waals surface area contributed by atoms with Crippen LogP contribution in [0.25, 0.3) is 11.2 Å². The second-order valence-electron chi connectivity index (χ2n) is 7.64. The molecule has 3 heterocycles. The predicted octanol–water partition coefficient (Wildman–Crippen LogP) is 2.64. The Morgan fingerprint density at radius 2 is 1.79 bits per heavy atom. The normalized spacial score (nSPS) is 12.0. The van der Waals surface area contributed by atoms with Crippen molar-refractivity contribution in [3.63, 3.8) is 0 Å². The Hall–Kier alpha value is -3.48. The zero-order chi connectivity index (χ0) is 24.5. The van der Waals surface area contributed by atoms with E-state index in [0.29, 0.717) is 30.8 Å². The second-order valence-corrected chi connectivity index (χ2v) is 8.00. The Morgan fingerprint density at radius 1 is 1.06 bits per heavy atom. The minimum absolute atomic E-state index is 0.0292. The van der Waals surface area contributed by atoms with Crippen LogP contribution in [0.1, 0.15) is 36.7 Å². The molecule has 4 rings (SSSR count). The van der Waals surface area contributed by atoms with Crippen LogP contribution in [0.5, 0.6) is 0 Å². The number of benzene rings is 1. The molecule has 0 aliphatic heterocycles. The number of rotatable bonds is 8. The van der Waals surface area contributed by atoms with Gasteiger partial charge < -0.3 is 4.98 Å². The van der Waals surface area contributed by atoms with Crippen molar-refractivity contribution in [2.45, 2.75) is 52.0 Å². The van der Waals surface area contributed by atoms with Gasteiger partial charge in [-0.2, -0.15) is 23.0 Å². The van der Waals surface area contributed by atoms with Crippen molar-refractivity contribution >= 4 is 22.8 Å². The number of halogens is 4. The molecule has 10 nitrogen and oxygen atoms in total. The van der Waals surface area contributed by atoms with E-state index in [9.17, 15) is 22.8 Å². The van der Waals surface area contributed by atoms with Crippen molar-refractivity contribution in [3.8, 4) is 0 Å². The lowest BCUT2D eigenvalue weighted by Crippen LogP contribution is -2.40. The predicted molar refractivity (Wildman–Crippen MR) is 117 cm³/mol. The van der Waals surface area contributed by atoms with E-state index < -0.39 is 23.0 Å². The lowest BCUT2D eigenvalue weighted by atomic mass is 10.1. The zero-order valence-corrected chi connectivity index (χ0v) is 18.8. The van der Waals surface area contributed by atoms with E-state index >= 15 is 0 Å². The topological polar surface area (TPSA) is 116 Å². The molecular formula is C20H20ClF3N8O2. The van der Waals surface area contributed by atoms with E-state index in [4.69, 9.17) is 11.6 Å². The number of hydrogen-bond acceptors (Lipinski definition) is 6. The van der Waals surface area contributed by atoms with Crippen LogP contribution in [0.2, 0.25) is 5.28 Å². The first-order valence-electron chi connectivity index (χ1n) is 10.5. The summed E-state index contributed by atoms with van der Waals surface area (Å²) in [5.41, 5.74) is -0.711. The molecule has 0 aliphatic rings. The summed E-state index contributed by atoms with van der Waals surface area (Å²) in [7, 11) is 0. The van der Waals surface area contributed by atoms with E-state index in [1.165, 1.54) is 21.5 Å². The van der Waals surface area contributed by atoms with Crippen molar-refractivity contribution < 1.29 is 13.2 Å². The zero-order valence-electron chi connectivity index (χ0n) is 18.0. The molecule has 0 spiro atoms. The molecule has 1 aromatic carbocycles. The number of fused-ring (bicyclic) bond motifs is 1. The molecule has 0 fully saturated rings. The van der Waals surface area contributed by atoms with Gasteiger partial charge in [-0.3, -0.25) is 13.9 Å². The summed E-state index contributed by atoms with van der Waals surface area (Å²) in [6, 6.07) is 4.75. The van der Waals surface area contributed by atoms with Gasteiger partial charge >= 0.3 is 11.9 Å². The van der Waals surface area contributed by atoms with Crippen LogP contribution in [0, 0.1) is 0 Å². The van der Waals surface area contributed by atoms with Gasteiger partial charge in [0.1, 0.15) is 0 Å². The lowest BCUT2D eigenvalue weighted by Gasteiger charge is -2.10. The van der Waals surface area contributed by atoms with Crippen molar-refractivity contribution in [1.82, 2.24) is 39.3 Å². The molecule has 0 atom stereocenters. The van der Waals surface area contributed by atoms with Gasteiger partial charge in [-0.05, 0) is 47.4 Å². The maximum atomic E-state index is 12.8. The third-order valence-corrected chi connectivity index (χ3v) is 5.34. The van der Waals surface area contributed by atoms with Crippen molar-refractivity contribution in [1.29, 1.82) is 0 Å². The van der Waals surface area contributed by atoms with Gasteiger partial charge in [-0.25, -0.2) is 4.79 Å². The fraction of sp³-hybridized carbons (Fsp3) is 0.400. The molecule has 0 radical (unpaired) electrons. The van der Waals surface area contributed by atoms with Gasteiger partial charge in [0.2, 0.25) is 5.28 Å². The molecule has 0 amide bonds. The molecule has 3 aromatic heterocycles. The van der Waals surface area contributed by atoms with Gasteiger partial charge in [-0.15, -0.1) is 10.2 Å². The second kappa shape index (κ2) is 9.41. The van der Waals surface area contributed by atoms with E-state index in [1.807, 2.05) is 6.92 Å². The number of nitrogens with one attached hydrogen (secondary N) is 1. The van der Waals surface area contributed by atoms with Crippen LogP contribution in [0.4, 0.5) is 13.2 Å². The first kappa shape index (κ1) is 23.7. The number of H-pyrrole nitrogens is 1. The van der Waals surface area contributed by atoms with Gasteiger partial charge in [0, 0.05) is 19.5 Å². The number of aromatic amines is 1. The maximum Gasteiger partial charge on any atom is 0.416 e. The van der Waals surface area contributed by atoms with Crippen LogP contribution in [-0.4, -0.2) is 39.3 Å². The Labute approximate surface area is 195 Å². The average molecular weight is 497 g/mol. The number of nitrogens with zero attached hydrogens (tertiary/aromatic N) is 7. The van der Waals surface area contributed by atoms with Crippen LogP contribution in [0.3, 0.4) is 0 Å². The van der Waals surface area contributed by atoms with E-state index in [1.54, 1.807) is 0 Å². The fourth-order valence-corrected chi connectivity index (χ4v) is 3.74. The van der Waals surface area contributed by atoms with Crippen molar-refractivity contribution in [2.24, 2.45) is 0 Å². The van der Waals surface area contributed by atoms with Gasteiger partial charge in [-0.1, -0.05) is 19.1 Å². The highest BCUT2D eigenvalue weighted by atomic mass is 35.5.